The summed E-state index contributed by atoms with van der Waals surface area (Å²) in [6.07, 6.45) is 2.90. The van der Waals surface area contributed by atoms with Crippen molar-refractivity contribution in [3.63, 3.8) is 0 Å². The minimum atomic E-state index is -0.824. The molecular weight excluding hydrogens is 361 g/mol. The van der Waals surface area contributed by atoms with Gasteiger partial charge in [-0.05, 0) is 48.2 Å². The summed E-state index contributed by atoms with van der Waals surface area (Å²) in [6, 6.07) is 9.70. The predicted molar refractivity (Wildman–Crippen MR) is 103 cm³/mol. The third-order valence-electron chi connectivity index (χ3n) is 5.34. The number of piperidine rings is 1. The quantitative estimate of drug-likeness (QED) is 0.566. The van der Waals surface area contributed by atoms with E-state index in [2.05, 4.69) is 9.97 Å². The number of hydrogen-bond donors (Lipinski definition) is 2. The molecule has 28 heavy (non-hydrogen) atoms. The highest BCUT2D eigenvalue weighted by molar-refractivity contribution is 5.81. The van der Waals surface area contributed by atoms with E-state index in [1.165, 1.54) is 0 Å². The Morgan fingerprint density at radius 2 is 1.96 bits per heavy atom. The summed E-state index contributed by atoms with van der Waals surface area (Å²) < 4.78 is 20.6. The van der Waals surface area contributed by atoms with Gasteiger partial charge in [-0.1, -0.05) is 6.07 Å². The van der Waals surface area contributed by atoms with Crippen LogP contribution in [-0.2, 0) is 0 Å². The lowest BCUT2D eigenvalue weighted by molar-refractivity contribution is -0.0256. The van der Waals surface area contributed by atoms with E-state index in [4.69, 9.17) is 10.2 Å². The van der Waals surface area contributed by atoms with Gasteiger partial charge in [-0.3, -0.25) is 9.30 Å². The number of oxazole rings is 1. The second-order valence-electron chi connectivity index (χ2n) is 7.15. The molecule has 0 radical (unpaired) electrons. The van der Waals surface area contributed by atoms with Gasteiger partial charge < -0.3 is 15.3 Å². The number of anilines is 1. The zero-order valence-corrected chi connectivity index (χ0v) is 15.1. The molecule has 3 N–H and O–H groups in total. The molecule has 1 aliphatic heterocycles. The molecule has 0 bridgehead atoms. The van der Waals surface area contributed by atoms with Crippen LogP contribution in [0.2, 0.25) is 0 Å². The van der Waals surface area contributed by atoms with Crippen molar-refractivity contribution < 1.29 is 13.9 Å². The van der Waals surface area contributed by atoms with Gasteiger partial charge >= 0.3 is 0 Å². The number of nitrogens with zero attached hydrogens (tertiary/aromatic N) is 4. The van der Waals surface area contributed by atoms with Crippen molar-refractivity contribution in [3.8, 4) is 11.1 Å². The molecule has 1 atom stereocenters. The summed E-state index contributed by atoms with van der Waals surface area (Å²) in [4.78, 5) is 10.5. The summed E-state index contributed by atoms with van der Waals surface area (Å²) >= 11 is 0. The van der Waals surface area contributed by atoms with Gasteiger partial charge in [0.15, 0.2) is 11.8 Å². The van der Waals surface area contributed by atoms with Gasteiger partial charge in [0.05, 0.1) is 11.9 Å². The number of rotatable bonds is 3. The van der Waals surface area contributed by atoms with Crippen LogP contribution in [0.15, 0.2) is 47.1 Å². The highest BCUT2D eigenvalue weighted by atomic mass is 19.1. The molecule has 1 aromatic carbocycles. The van der Waals surface area contributed by atoms with Crippen LogP contribution in [0.1, 0.15) is 24.8 Å². The fraction of sp³-hybridized carbons (Fsp3) is 0.300. The van der Waals surface area contributed by atoms with Gasteiger partial charge in [-0.2, -0.15) is 4.98 Å². The van der Waals surface area contributed by atoms with Crippen molar-refractivity contribution >= 4 is 22.8 Å². The number of alkyl halides is 1. The van der Waals surface area contributed by atoms with Gasteiger partial charge in [0.2, 0.25) is 0 Å². The van der Waals surface area contributed by atoms with E-state index in [1.807, 2.05) is 45.8 Å². The molecule has 7 nitrogen and oxygen atoms in total. The third-order valence-corrected chi connectivity index (χ3v) is 5.34. The molecule has 1 saturated heterocycles. The summed E-state index contributed by atoms with van der Waals surface area (Å²) in [5, 5.41) is 10.8. The molecule has 5 rings (SSSR count). The van der Waals surface area contributed by atoms with Crippen LogP contribution in [0.3, 0.4) is 0 Å². The maximum absolute atomic E-state index is 13.4. The maximum atomic E-state index is 13.4. The minimum Gasteiger partial charge on any atom is -0.424 e. The fourth-order valence-electron chi connectivity index (χ4n) is 3.79. The Bertz CT molecular complexity index is 1150. The zero-order chi connectivity index (χ0) is 19.3. The number of nitrogens with two attached hydrogens (primary N) is 1. The average Bonchev–Trinajstić information content (AvgIpc) is 3.29. The molecule has 3 aromatic heterocycles. The van der Waals surface area contributed by atoms with Crippen molar-refractivity contribution in [3.05, 3.63) is 48.4 Å². The number of aliphatic hydroxyl groups is 1. The van der Waals surface area contributed by atoms with Crippen LogP contribution < -0.4 is 5.73 Å². The van der Waals surface area contributed by atoms with E-state index in [0.717, 1.165) is 16.8 Å². The van der Waals surface area contributed by atoms with E-state index in [9.17, 15) is 9.50 Å². The molecule has 1 unspecified atom stereocenters. The van der Waals surface area contributed by atoms with Crippen molar-refractivity contribution in [1.29, 1.82) is 0 Å². The molecule has 0 spiro atoms. The molecule has 1 aliphatic rings. The molecule has 0 amide bonds. The number of halogens is 1. The smallest absolute Gasteiger partial charge is 0.292 e. The Balaban J connectivity index is 1.52. The minimum absolute atomic E-state index is 0.139. The first-order valence-corrected chi connectivity index (χ1v) is 9.28. The normalized spacial score (nSPS) is 17.5. The SMILES string of the molecule is Nc1nc2cc(-c3ccc4ncc(C(O)N5CCC(F)CC5)n4c3)ccc2o1. The summed E-state index contributed by atoms with van der Waals surface area (Å²) in [5.41, 5.74) is 10.3. The van der Waals surface area contributed by atoms with Gasteiger partial charge in [0.1, 0.15) is 17.3 Å². The number of imidazole rings is 1. The first-order chi connectivity index (χ1) is 13.6. The molecule has 8 heteroatoms. The number of fused-ring (bicyclic) bond motifs is 2. The number of nitrogen functional groups attached to an aromatic ring is 1. The summed E-state index contributed by atoms with van der Waals surface area (Å²) in [5.74, 6) is 0. The van der Waals surface area contributed by atoms with Crippen LogP contribution in [0.5, 0.6) is 0 Å². The van der Waals surface area contributed by atoms with E-state index in [1.54, 1.807) is 6.20 Å². The summed E-state index contributed by atoms with van der Waals surface area (Å²) in [7, 11) is 0. The van der Waals surface area contributed by atoms with Gasteiger partial charge in [0, 0.05) is 19.3 Å². The molecule has 0 saturated carbocycles. The van der Waals surface area contributed by atoms with Gasteiger partial charge in [0.25, 0.3) is 6.01 Å². The average molecular weight is 381 g/mol. The fourth-order valence-corrected chi connectivity index (χ4v) is 3.79. The first kappa shape index (κ1) is 17.2. The Morgan fingerprint density at radius 1 is 1.18 bits per heavy atom. The number of aliphatic hydroxyl groups excluding tert-OH is 1. The number of likely N-dealkylation sites (tertiary alicyclic amines) is 1. The van der Waals surface area contributed by atoms with Gasteiger partial charge in [-0.25, -0.2) is 9.37 Å². The first-order valence-electron chi connectivity index (χ1n) is 9.28. The van der Waals surface area contributed by atoms with Crippen molar-refractivity contribution in [2.75, 3.05) is 18.8 Å². The largest absolute Gasteiger partial charge is 0.424 e. The van der Waals surface area contributed by atoms with E-state index < -0.39 is 12.4 Å². The number of benzene rings is 1. The Morgan fingerprint density at radius 3 is 2.79 bits per heavy atom. The lowest BCUT2D eigenvalue weighted by atomic mass is 10.1. The Hall–Kier alpha value is -2.97. The highest BCUT2D eigenvalue weighted by Gasteiger charge is 2.26. The maximum Gasteiger partial charge on any atom is 0.292 e. The van der Waals surface area contributed by atoms with Crippen molar-refractivity contribution in [2.24, 2.45) is 0 Å². The Labute approximate surface area is 160 Å². The number of hydrogen-bond acceptors (Lipinski definition) is 6. The van der Waals surface area contributed by atoms with Crippen LogP contribution in [0, 0.1) is 0 Å². The monoisotopic (exact) mass is 381 g/mol. The second kappa shape index (κ2) is 6.57. The van der Waals surface area contributed by atoms with Crippen LogP contribution in [-0.4, -0.2) is 43.6 Å². The lowest BCUT2D eigenvalue weighted by Gasteiger charge is -2.32. The summed E-state index contributed by atoms with van der Waals surface area (Å²) in [6.45, 7) is 1.05. The zero-order valence-electron chi connectivity index (χ0n) is 15.1. The molecular formula is C20H20FN5O2. The standard InChI is InChI=1S/C20H20FN5O2/c21-14-5-7-25(8-6-14)19(27)16-10-23-18-4-2-13(11-26(16)18)12-1-3-17-15(9-12)24-20(22)28-17/h1-4,9-11,14,19,27H,5-8H2,(H2,22,24). The van der Waals surface area contributed by atoms with Crippen molar-refractivity contribution in [2.45, 2.75) is 25.2 Å². The van der Waals surface area contributed by atoms with E-state index in [0.29, 0.717) is 42.7 Å². The molecule has 144 valence electrons. The van der Waals surface area contributed by atoms with Crippen LogP contribution in [0.25, 0.3) is 27.9 Å². The third kappa shape index (κ3) is 2.90. The Kier molecular flexibility index (Phi) is 4.03. The number of aromatic nitrogens is 3. The van der Waals surface area contributed by atoms with Crippen molar-refractivity contribution in [1.82, 2.24) is 19.3 Å². The van der Waals surface area contributed by atoms with Gasteiger partial charge in [-0.15, -0.1) is 0 Å². The second-order valence-corrected chi connectivity index (χ2v) is 7.15. The highest BCUT2D eigenvalue weighted by Crippen LogP contribution is 2.28. The molecule has 4 aromatic rings. The topological polar surface area (TPSA) is 92.8 Å². The van der Waals surface area contributed by atoms with E-state index >= 15 is 0 Å². The van der Waals surface area contributed by atoms with Crippen LogP contribution >= 0.6 is 0 Å². The molecule has 0 aliphatic carbocycles. The lowest BCUT2D eigenvalue weighted by Crippen LogP contribution is -2.37. The molecule has 1 fully saturated rings. The van der Waals surface area contributed by atoms with Crippen LogP contribution in [0.4, 0.5) is 10.4 Å². The predicted octanol–water partition coefficient (Wildman–Crippen LogP) is 3.15. The molecule has 4 heterocycles. The van der Waals surface area contributed by atoms with E-state index in [-0.39, 0.29) is 6.01 Å². The number of pyridine rings is 1.